The number of carbonyl (C=O) groups is 2. The van der Waals surface area contributed by atoms with Crippen molar-refractivity contribution in [1.82, 2.24) is 10.6 Å². The summed E-state index contributed by atoms with van der Waals surface area (Å²) in [4.78, 5) is 22.3. The second-order valence-corrected chi connectivity index (χ2v) is 7.77. The van der Waals surface area contributed by atoms with Gasteiger partial charge in [0.05, 0.1) is 5.56 Å². The molecule has 2 N–H and O–H groups in total. The van der Waals surface area contributed by atoms with Gasteiger partial charge in [0.1, 0.15) is 0 Å². The van der Waals surface area contributed by atoms with Crippen LogP contribution in [0.15, 0.2) is 48.5 Å². The summed E-state index contributed by atoms with van der Waals surface area (Å²) in [5.74, 6) is 0.797. The van der Waals surface area contributed by atoms with E-state index in [1.165, 1.54) is 38.4 Å². The third kappa shape index (κ3) is 7.42. The lowest BCUT2D eigenvalue weighted by Gasteiger charge is -2.10. The first-order valence-corrected chi connectivity index (χ1v) is 10.4. The Labute approximate surface area is 181 Å². The van der Waals surface area contributed by atoms with E-state index in [4.69, 9.17) is 0 Å². The molecular formula is C24H29F3N2O2. The van der Waals surface area contributed by atoms with Crippen molar-refractivity contribution >= 4 is 11.8 Å². The van der Waals surface area contributed by atoms with Crippen molar-refractivity contribution in [2.45, 2.75) is 51.7 Å². The molecule has 0 aromatic heterocycles. The monoisotopic (exact) mass is 434 g/mol. The second-order valence-electron chi connectivity index (χ2n) is 7.77. The van der Waals surface area contributed by atoms with Crippen molar-refractivity contribution in [3.63, 3.8) is 0 Å². The highest BCUT2D eigenvalue weighted by Crippen LogP contribution is 2.31. The minimum absolute atomic E-state index is 0.198. The summed E-state index contributed by atoms with van der Waals surface area (Å²) < 4.78 is 37.4. The Bertz CT molecular complexity index is 862. The van der Waals surface area contributed by atoms with Crippen LogP contribution in [0.1, 0.15) is 55.5 Å². The molecule has 2 aromatic rings. The third-order valence-electron chi connectivity index (χ3n) is 5.30. The largest absolute Gasteiger partial charge is 0.416 e. The van der Waals surface area contributed by atoms with E-state index in [9.17, 15) is 22.8 Å². The number of benzene rings is 2. The molecule has 1 fully saturated rings. The van der Waals surface area contributed by atoms with Gasteiger partial charge in [-0.2, -0.15) is 13.2 Å². The summed E-state index contributed by atoms with van der Waals surface area (Å²) in [5.41, 5.74) is 1.25. The molecule has 3 rings (SSSR count). The summed E-state index contributed by atoms with van der Waals surface area (Å²) >= 11 is 0. The number of rotatable bonds is 4. The lowest BCUT2D eigenvalue weighted by molar-refractivity contribution is -0.137. The zero-order chi connectivity index (χ0) is 23.0. The smallest absolute Gasteiger partial charge is 0.355 e. The molecule has 0 radical (unpaired) electrons. The molecule has 1 aliphatic carbocycles. The minimum atomic E-state index is -4.33. The van der Waals surface area contributed by atoms with Crippen LogP contribution < -0.4 is 10.6 Å². The van der Waals surface area contributed by atoms with Gasteiger partial charge in [-0.3, -0.25) is 9.59 Å². The predicted molar refractivity (Wildman–Crippen MR) is 116 cm³/mol. The zero-order valence-corrected chi connectivity index (χ0v) is 18.1. The van der Waals surface area contributed by atoms with Crippen LogP contribution in [0.2, 0.25) is 0 Å². The molecule has 0 saturated heterocycles. The molecule has 2 aromatic carbocycles. The molecule has 2 atom stereocenters. The Morgan fingerprint density at radius 1 is 0.968 bits per heavy atom. The first kappa shape index (κ1) is 24.4. The van der Waals surface area contributed by atoms with E-state index in [0.29, 0.717) is 23.6 Å². The van der Waals surface area contributed by atoms with E-state index >= 15 is 0 Å². The van der Waals surface area contributed by atoms with Gasteiger partial charge in [0, 0.05) is 25.1 Å². The van der Waals surface area contributed by atoms with Crippen LogP contribution >= 0.6 is 0 Å². The van der Waals surface area contributed by atoms with E-state index in [1.54, 1.807) is 24.3 Å². The number of carbonyl (C=O) groups excluding carboxylic acids is 2. The topological polar surface area (TPSA) is 58.2 Å². The molecule has 7 heteroatoms. The van der Waals surface area contributed by atoms with E-state index in [2.05, 4.69) is 17.6 Å². The Hall–Kier alpha value is -2.83. The van der Waals surface area contributed by atoms with Gasteiger partial charge >= 0.3 is 6.18 Å². The summed E-state index contributed by atoms with van der Waals surface area (Å²) in [5, 5.41) is 5.52. The average Bonchev–Trinajstić information content (AvgIpc) is 3.17. The molecule has 1 saturated carbocycles. The summed E-state index contributed by atoms with van der Waals surface area (Å²) in [6, 6.07) is 12.1. The normalized spacial score (nSPS) is 18.0. The fourth-order valence-corrected chi connectivity index (χ4v) is 3.48. The summed E-state index contributed by atoms with van der Waals surface area (Å²) in [6.07, 6.45) is -0.0974. The van der Waals surface area contributed by atoms with Crippen LogP contribution in [0.3, 0.4) is 0 Å². The number of amides is 2. The molecule has 31 heavy (non-hydrogen) atoms. The number of hydrogen-bond donors (Lipinski definition) is 2. The van der Waals surface area contributed by atoms with Crippen molar-refractivity contribution in [1.29, 1.82) is 0 Å². The molecule has 0 spiro atoms. The molecule has 4 nitrogen and oxygen atoms in total. The van der Waals surface area contributed by atoms with Crippen LogP contribution in [0.25, 0.3) is 11.1 Å². The molecule has 0 aliphatic heterocycles. The molecular weight excluding hydrogens is 405 g/mol. The van der Waals surface area contributed by atoms with Gasteiger partial charge in [0.2, 0.25) is 5.91 Å². The van der Waals surface area contributed by atoms with E-state index < -0.39 is 11.7 Å². The molecule has 1 aliphatic rings. The number of halogens is 3. The van der Waals surface area contributed by atoms with Crippen LogP contribution in [0.5, 0.6) is 0 Å². The fourth-order valence-electron chi connectivity index (χ4n) is 3.48. The SMILES string of the molecule is CCC(=O)NC1CCC(C)C1.CNC(=O)c1ccc(-c2ccc(C(F)(F)F)cc2)cc1. The van der Waals surface area contributed by atoms with Gasteiger partial charge in [-0.1, -0.05) is 38.1 Å². The van der Waals surface area contributed by atoms with Crippen molar-refractivity contribution in [2.75, 3.05) is 7.05 Å². The second kappa shape index (κ2) is 11.0. The molecule has 2 unspecified atom stereocenters. The number of alkyl halides is 3. The van der Waals surface area contributed by atoms with E-state index in [1.807, 2.05) is 6.92 Å². The van der Waals surface area contributed by atoms with Gasteiger partial charge in [-0.25, -0.2) is 0 Å². The highest BCUT2D eigenvalue weighted by molar-refractivity contribution is 5.94. The van der Waals surface area contributed by atoms with E-state index in [-0.39, 0.29) is 11.8 Å². The van der Waals surface area contributed by atoms with Crippen LogP contribution in [0, 0.1) is 5.92 Å². The van der Waals surface area contributed by atoms with Crippen LogP contribution in [0.4, 0.5) is 13.2 Å². The Morgan fingerprint density at radius 2 is 1.52 bits per heavy atom. The maximum Gasteiger partial charge on any atom is 0.416 e. The summed E-state index contributed by atoms with van der Waals surface area (Å²) in [7, 11) is 1.53. The number of hydrogen-bond acceptors (Lipinski definition) is 2. The first-order chi connectivity index (χ1) is 14.6. The van der Waals surface area contributed by atoms with Gasteiger partial charge in [0.25, 0.3) is 5.91 Å². The Balaban J connectivity index is 0.000000262. The average molecular weight is 435 g/mol. The maximum absolute atomic E-state index is 12.5. The van der Waals surface area contributed by atoms with Crippen molar-refractivity contribution in [3.05, 3.63) is 59.7 Å². The maximum atomic E-state index is 12.5. The molecule has 2 amide bonds. The Kier molecular flexibility index (Phi) is 8.65. The van der Waals surface area contributed by atoms with Crippen LogP contribution in [-0.4, -0.2) is 24.9 Å². The molecule has 0 heterocycles. The van der Waals surface area contributed by atoms with Gasteiger partial charge in [-0.15, -0.1) is 0 Å². The van der Waals surface area contributed by atoms with E-state index in [0.717, 1.165) is 23.6 Å². The summed E-state index contributed by atoms with van der Waals surface area (Å²) in [6.45, 7) is 4.14. The van der Waals surface area contributed by atoms with Crippen molar-refractivity contribution in [2.24, 2.45) is 5.92 Å². The highest BCUT2D eigenvalue weighted by atomic mass is 19.4. The predicted octanol–water partition coefficient (Wildman–Crippen LogP) is 5.43. The zero-order valence-electron chi connectivity index (χ0n) is 18.1. The lowest BCUT2D eigenvalue weighted by atomic mass is 10.0. The van der Waals surface area contributed by atoms with Crippen molar-refractivity contribution in [3.8, 4) is 11.1 Å². The standard InChI is InChI=1S/C15H12F3NO.C9H17NO/c1-19-14(20)12-4-2-10(3-5-12)11-6-8-13(9-7-11)15(16,17)18;1-3-9(11)10-8-5-4-7(2)6-8/h2-9H,1H3,(H,19,20);7-8H,3-6H2,1-2H3,(H,10,11). The first-order valence-electron chi connectivity index (χ1n) is 10.4. The molecule has 0 bridgehead atoms. The fraction of sp³-hybridized carbons (Fsp3) is 0.417. The van der Waals surface area contributed by atoms with Gasteiger partial charge < -0.3 is 10.6 Å². The minimum Gasteiger partial charge on any atom is -0.355 e. The molecule has 168 valence electrons. The highest BCUT2D eigenvalue weighted by Gasteiger charge is 2.30. The van der Waals surface area contributed by atoms with Gasteiger partial charge in [-0.05, 0) is 60.6 Å². The van der Waals surface area contributed by atoms with Crippen LogP contribution in [-0.2, 0) is 11.0 Å². The third-order valence-corrected chi connectivity index (χ3v) is 5.30. The quantitative estimate of drug-likeness (QED) is 0.674. The Morgan fingerprint density at radius 3 is 1.94 bits per heavy atom. The number of nitrogens with one attached hydrogen (secondary N) is 2. The van der Waals surface area contributed by atoms with Gasteiger partial charge in [0.15, 0.2) is 0 Å². The lowest BCUT2D eigenvalue weighted by Crippen LogP contribution is -2.32. The van der Waals surface area contributed by atoms with Crippen molar-refractivity contribution < 1.29 is 22.8 Å².